The Morgan fingerprint density at radius 2 is 1.62 bits per heavy atom. The molecule has 0 fully saturated rings. The van der Waals surface area contributed by atoms with E-state index in [0.717, 1.165) is 22.3 Å². The smallest absolute Gasteiger partial charge is 0.241 e. The Hall–Kier alpha value is -0.910. The summed E-state index contributed by atoms with van der Waals surface area (Å²) in [7, 11) is -3.47. The van der Waals surface area contributed by atoms with E-state index in [4.69, 9.17) is 4.74 Å². The van der Waals surface area contributed by atoms with Crippen molar-refractivity contribution < 1.29 is 13.2 Å². The van der Waals surface area contributed by atoms with Gasteiger partial charge in [-0.2, -0.15) is 0 Å². The van der Waals surface area contributed by atoms with E-state index in [2.05, 4.69) is 4.72 Å². The second-order valence-electron chi connectivity index (χ2n) is 5.76. The maximum atomic E-state index is 12.5. The summed E-state index contributed by atoms with van der Waals surface area (Å²) in [6.45, 7) is 12.5. The molecule has 0 radical (unpaired) electrons. The lowest BCUT2D eigenvalue weighted by Crippen LogP contribution is -2.27. The second kappa shape index (κ2) is 7.38. The van der Waals surface area contributed by atoms with Crippen LogP contribution in [0.4, 0.5) is 0 Å². The van der Waals surface area contributed by atoms with Gasteiger partial charge in [0.15, 0.2) is 0 Å². The van der Waals surface area contributed by atoms with Gasteiger partial charge in [-0.3, -0.25) is 0 Å². The maximum absolute atomic E-state index is 12.5. The third-order valence-corrected chi connectivity index (χ3v) is 5.36. The molecule has 120 valence electrons. The lowest BCUT2D eigenvalue weighted by Gasteiger charge is -2.16. The fourth-order valence-corrected chi connectivity index (χ4v) is 3.94. The molecule has 1 aromatic carbocycles. The Balaban J connectivity index is 2.84. The molecule has 21 heavy (non-hydrogen) atoms. The molecule has 0 atom stereocenters. The number of rotatable bonds is 7. The van der Waals surface area contributed by atoms with Gasteiger partial charge in [0, 0.05) is 13.2 Å². The van der Waals surface area contributed by atoms with E-state index in [1.54, 1.807) is 0 Å². The van der Waals surface area contributed by atoms with Gasteiger partial charge in [-0.15, -0.1) is 0 Å². The van der Waals surface area contributed by atoms with E-state index < -0.39 is 10.0 Å². The van der Waals surface area contributed by atoms with Crippen LogP contribution in [0.1, 0.15) is 42.5 Å². The molecule has 0 heterocycles. The molecule has 0 saturated carbocycles. The van der Waals surface area contributed by atoms with E-state index >= 15 is 0 Å². The average Bonchev–Trinajstić information content (AvgIpc) is 2.35. The highest BCUT2D eigenvalue weighted by Crippen LogP contribution is 2.25. The Labute approximate surface area is 129 Å². The van der Waals surface area contributed by atoms with Crippen LogP contribution in [0.15, 0.2) is 11.0 Å². The van der Waals surface area contributed by atoms with Crippen molar-refractivity contribution in [1.29, 1.82) is 0 Å². The Morgan fingerprint density at radius 1 is 1.10 bits per heavy atom. The van der Waals surface area contributed by atoms with Crippen LogP contribution in [0.3, 0.4) is 0 Å². The molecule has 0 aliphatic heterocycles. The van der Waals surface area contributed by atoms with Gasteiger partial charge in [0.2, 0.25) is 10.0 Å². The van der Waals surface area contributed by atoms with Crippen molar-refractivity contribution in [1.82, 2.24) is 4.72 Å². The predicted molar refractivity (Wildman–Crippen MR) is 86.3 cm³/mol. The van der Waals surface area contributed by atoms with Crippen LogP contribution in [0.25, 0.3) is 0 Å². The van der Waals surface area contributed by atoms with E-state index in [1.165, 1.54) is 0 Å². The first-order chi connectivity index (χ1) is 9.66. The van der Waals surface area contributed by atoms with Gasteiger partial charge in [0.25, 0.3) is 0 Å². The third kappa shape index (κ3) is 4.80. The van der Waals surface area contributed by atoms with Crippen molar-refractivity contribution in [3.63, 3.8) is 0 Å². The Kier molecular flexibility index (Phi) is 6.38. The number of hydrogen-bond donors (Lipinski definition) is 1. The summed E-state index contributed by atoms with van der Waals surface area (Å²) >= 11 is 0. The maximum Gasteiger partial charge on any atom is 0.241 e. The normalized spacial score (nSPS) is 12.1. The van der Waals surface area contributed by atoms with Gasteiger partial charge in [-0.25, -0.2) is 13.1 Å². The zero-order chi connectivity index (χ0) is 16.2. The van der Waals surface area contributed by atoms with Crippen LogP contribution in [0, 0.1) is 27.7 Å². The molecular formula is C16H27NO3S. The van der Waals surface area contributed by atoms with Crippen LogP contribution in [0.5, 0.6) is 0 Å². The van der Waals surface area contributed by atoms with Crippen molar-refractivity contribution in [2.24, 2.45) is 0 Å². The molecule has 0 aliphatic carbocycles. The van der Waals surface area contributed by atoms with Crippen molar-refractivity contribution in [3.8, 4) is 0 Å². The quantitative estimate of drug-likeness (QED) is 0.787. The lowest BCUT2D eigenvalue weighted by molar-refractivity contribution is 0.0778. The number of ether oxygens (including phenoxy) is 1. The SMILES string of the molecule is Cc1cc(C)c(C)c(S(=O)(=O)NCCCOC(C)C)c1C. The Bertz CT molecular complexity index is 566. The lowest BCUT2D eigenvalue weighted by atomic mass is 10.0. The molecule has 0 aliphatic rings. The van der Waals surface area contributed by atoms with Gasteiger partial charge in [0.1, 0.15) is 0 Å². The minimum atomic E-state index is -3.47. The number of sulfonamides is 1. The summed E-state index contributed by atoms with van der Waals surface area (Å²) < 4.78 is 33.1. The summed E-state index contributed by atoms with van der Waals surface area (Å²) in [4.78, 5) is 0.421. The van der Waals surface area contributed by atoms with Gasteiger partial charge in [0.05, 0.1) is 11.0 Å². The third-order valence-electron chi connectivity index (χ3n) is 3.63. The predicted octanol–water partition coefficient (Wildman–Crippen LogP) is 3.01. The van der Waals surface area contributed by atoms with Crippen LogP contribution >= 0.6 is 0 Å². The number of aryl methyl sites for hydroxylation is 2. The first kappa shape index (κ1) is 18.1. The van der Waals surface area contributed by atoms with Gasteiger partial charge in [-0.1, -0.05) is 6.07 Å². The van der Waals surface area contributed by atoms with Crippen LogP contribution < -0.4 is 4.72 Å². The Morgan fingerprint density at radius 3 is 2.10 bits per heavy atom. The van der Waals surface area contributed by atoms with Crippen molar-refractivity contribution >= 4 is 10.0 Å². The van der Waals surface area contributed by atoms with Crippen LogP contribution in [-0.2, 0) is 14.8 Å². The molecule has 1 rings (SSSR count). The second-order valence-corrected chi connectivity index (χ2v) is 7.46. The molecule has 5 heteroatoms. The molecule has 0 saturated heterocycles. The van der Waals surface area contributed by atoms with E-state index in [0.29, 0.717) is 24.5 Å². The van der Waals surface area contributed by atoms with Crippen molar-refractivity contribution in [2.45, 2.75) is 59.0 Å². The first-order valence-electron chi connectivity index (χ1n) is 7.35. The van der Waals surface area contributed by atoms with Crippen molar-refractivity contribution in [3.05, 3.63) is 28.3 Å². The van der Waals surface area contributed by atoms with E-state index in [1.807, 2.05) is 47.6 Å². The molecule has 0 spiro atoms. The summed E-state index contributed by atoms with van der Waals surface area (Å²) in [6, 6.07) is 2.03. The molecule has 1 aromatic rings. The largest absolute Gasteiger partial charge is 0.379 e. The number of hydrogen-bond acceptors (Lipinski definition) is 3. The summed E-state index contributed by atoms with van der Waals surface area (Å²) in [6.07, 6.45) is 0.839. The van der Waals surface area contributed by atoms with Gasteiger partial charge < -0.3 is 4.74 Å². The zero-order valence-electron chi connectivity index (χ0n) is 13.9. The molecular weight excluding hydrogens is 286 g/mol. The summed E-state index contributed by atoms with van der Waals surface area (Å²) in [5, 5.41) is 0. The molecule has 0 amide bonds. The minimum absolute atomic E-state index is 0.172. The summed E-state index contributed by atoms with van der Waals surface area (Å²) in [5.74, 6) is 0. The minimum Gasteiger partial charge on any atom is -0.379 e. The monoisotopic (exact) mass is 313 g/mol. The zero-order valence-corrected chi connectivity index (χ0v) is 14.7. The standard InChI is InChI=1S/C16H27NO3S/c1-11(2)20-9-7-8-17-21(18,19)16-14(5)12(3)10-13(4)15(16)6/h10-11,17H,7-9H2,1-6H3. The van der Waals surface area contributed by atoms with Crippen molar-refractivity contribution in [2.75, 3.05) is 13.2 Å². The number of benzene rings is 1. The molecule has 4 nitrogen and oxygen atoms in total. The fourth-order valence-electron chi connectivity index (χ4n) is 2.25. The van der Waals surface area contributed by atoms with Crippen LogP contribution in [0.2, 0.25) is 0 Å². The van der Waals surface area contributed by atoms with E-state index in [9.17, 15) is 8.42 Å². The topological polar surface area (TPSA) is 55.4 Å². The molecule has 1 N–H and O–H groups in total. The highest BCUT2D eigenvalue weighted by molar-refractivity contribution is 7.89. The van der Waals surface area contributed by atoms with E-state index in [-0.39, 0.29) is 6.10 Å². The van der Waals surface area contributed by atoms with Gasteiger partial charge in [-0.05, 0) is 70.2 Å². The first-order valence-corrected chi connectivity index (χ1v) is 8.83. The highest BCUT2D eigenvalue weighted by Gasteiger charge is 2.21. The molecule has 0 aromatic heterocycles. The fraction of sp³-hybridized carbons (Fsp3) is 0.625. The summed E-state index contributed by atoms with van der Waals surface area (Å²) in [5.41, 5.74) is 3.65. The number of nitrogens with one attached hydrogen (secondary N) is 1. The average molecular weight is 313 g/mol. The van der Waals surface area contributed by atoms with Gasteiger partial charge >= 0.3 is 0 Å². The molecule has 0 unspecified atom stereocenters. The molecule has 0 bridgehead atoms. The van der Waals surface area contributed by atoms with Crippen LogP contribution in [-0.4, -0.2) is 27.7 Å². The highest BCUT2D eigenvalue weighted by atomic mass is 32.2.